The third-order valence-electron chi connectivity index (χ3n) is 5.58. The van der Waals surface area contributed by atoms with Crippen LogP contribution in [0.2, 0.25) is 0 Å². The molecule has 2 aliphatic rings. The van der Waals surface area contributed by atoms with Crippen LogP contribution >= 0.6 is 24.0 Å². The Morgan fingerprint density at radius 1 is 1.21 bits per heavy atom. The van der Waals surface area contributed by atoms with Crippen molar-refractivity contribution in [2.75, 3.05) is 38.1 Å². The average Bonchev–Trinajstić information content (AvgIpc) is 3.21. The van der Waals surface area contributed by atoms with E-state index in [2.05, 4.69) is 50.1 Å². The number of nitrogens with zero attached hydrogens (tertiary/aromatic N) is 2. The minimum absolute atomic E-state index is 0. The van der Waals surface area contributed by atoms with Crippen molar-refractivity contribution in [1.82, 2.24) is 16.0 Å². The van der Waals surface area contributed by atoms with Gasteiger partial charge in [0.25, 0.3) is 0 Å². The monoisotopic (exact) mass is 499 g/mol. The maximum absolute atomic E-state index is 11.5. The number of carbonyl (C=O) groups excluding carboxylic acids is 1. The molecule has 1 aliphatic carbocycles. The van der Waals surface area contributed by atoms with Crippen LogP contribution in [-0.4, -0.2) is 45.1 Å². The minimum atomic E-state index is 0. The van der Waals surface area contributed by atoms with Crippen LogP contribution in [0.15, 0.2) is 29.3 Å². The number of rotatable bonds is 7. The first-order chi connectivity index (χ1) is 13.2. The second kappa shape index (κ2) is 12.1. The molecule has 1 amide bonds. The average molecular weight is 499 g/mol. The molecule has 0 spiro atoms. The van der Waals surface area contributed by atoms with Crippen LogP contribution in [0.1, 0.15) is 44.1 Å². The van der Waals surface area contributed by atoms with E-state index in [0.717, 1.165) is 37.2 Å². The third-order valence-corrected chi connectivity index (χ3v) is 5.58. The van der Waals surface area contributed by atoms with Crippen LogP contribution in [0.25, 0.3) is 0 Å². The van der Waals surface area contributed by atoms with Crippen molar-refractivity contribution in [1.29, 1.82) is 0 Å². The molecule has 156 valence electrons. The molecule has 0 radical (unpaired) electrons. The summed E-state index contributed by atoms with van der Waals surface area (Å²) in [5.74, 6) is 1.90. The van der Waals surface area contributed by atoms with E-state index in [4.69, 9.17) is 0 Å². The second-order valence-corrected chi connectivity index (χ2v) is 7.58. The summed E-state index contributed by atoms with van der Waals surface area (Å²) in [7, 11) is 1.82. The van der Waals surface area contributed by atoms with Gasteiger partial charge in [0, 0.05) is 38.9 Å². The summed E-state index contributed by atoms with van der Waals surface area (Å²) in [6.45, 7) is 3.73. The molecule has 1 aromatic rings. The maximum Gasteiger partial charge on any atom is 0.239 e. The zero-order valence-corrected chi connectivity index (χ0v) is 19.2. The number of carbonyl (C=O) groups is 1. The third kappa shape index (κ3) is 7.14. The first kappa shape index (κ1) is 22.8. The van der Waals surface area contributed by atoms with Gasteiger partial charge < -0.3 is 20.9 Å². The van der Waals surface area contributed by atoms with E-state index in [1.165, 1.54) is 44.1 Å². The van der Waals surface area contributed by atoms with Crippen LogP contribution in [0.4, 0.5) is 5.69 Å². The molecule has 28 heavy (non-hydrogen) atoms. The first-order valence-electron chi connectivity index (χ1n) is 10.3. The van der Waals surface area contributed by atoms with Gasteiger partial charge in [-0.15, -0.1) is 24.0 Å². The Kier molecular flexibility index (Phi) is 9.87. The molecule has 0 aromatic heterocycles. The Bertz CT molecular complexity index is 628. The van der Waals surface area contributed by atoms with Gasteiger partial charge in [0.05, 0.1) is 6.54 Å². The number of aliphatic imine (C=N–C) groups is 1. The highest BCUT2D eigenvalue weighted by Crippen LogP contribution is 2.28. The molecule has 1 aromatic carbocycles. The number of hydrogen-bond donors (Lipinski definition) is 3. The Hall–Kier alpha value is -1.51. The lowest BCUT2D eigenvalue weighted by atomic mass is 10.0. The molecular formula is C21H34IN5O. The van der Waals surface area contributed by atoms with Gasteiger partial charge in [-0.3, -0.25) is 9.79 Å². The molecule has 0 unspecified atom stereocenters. The normalized spacial score (nSPS) is 17.8. The number of nitrogens with one attached hydrogen (secondary N) is 3. The highest BCUT2D eigenvalue weighted by Gasteiger charge is 2.16. The van der Waals surface area contributed by atoms with E-state index in [9.17, 15) is 4.79 Å². The number of guanidine groups is 1. The maximum atomic E-state index is 11.5. The van der Waals surface area contributed by atoms with Gasteiger partial charge in [-0.25, -0.2) is 0 Å². The lowest BCUT2D eigenvalue weighted by molar-refractivity contribution is -0.120. The fraction of sp³-hybridized carbons (Fsp3) is 0.619. The second-order valence-electron chi connectivity index (χ2n) is 7.58. The Morgan fingerprint density at radius 2 is 1.96 bits per heavy atom. The molecule has 3 N–H and O–H groups in total. The SMILES string of the molecule is CN=C(NCCCC1CCCC1)NCc1ccc(N2CCNC(=O)C2)cc1.I. The molecule has 1 heterocycles. The van der Waals surface area contributed by atoms with Crippen molar-refractivity contribution in [3.8, 4) is 0 Å². The molecule has 1 aliphatic heterocycles. The number of halogens is 1. The zero-order chi connectivity index (χ0) is 18.9. The molecule has 0 bridgehead atoms. The Labute approximate surface area is 186 Å². The molecule has 3 rings (SSSR count). The molecule has 2 fully saturated rings. The summed E-state index contributed by atoms with van der Waals surface area (Å²) in [5.41, 5.74) is 2.30. The number of hydrogen-bond acceptors (Lipinski definition) is 3. The van der Waals surface area contributed by atoms with Crippen molar-refractivity contribution in [2.24, 2.45) is 10.9 Å². The summed E-state index contributed by atoms with van der Waals surface area (Å²) in [6.07, 6.45) is 8.23. The lowest BCUT2D eigenvalue weighted by Crippen LogP contribution is -2.47. The fourth-order valence-electron chi connectivity index (χ4n) is 3.99. The molecular weight excluding hydrogens is 465 g/mol. The van der Waals surface area contributed by atoms with Gasteiger partial charge in [-0.1, -0.05) is 37.8 Å². The van der Waals surface area contributed by atoms with E-state index in [0.29, 0.717) is 13.1 Å². The fourth-order valence-corrected chi connectivity index (χ4v) is 3.99. The smallest absolute Gasteiger partial charge is 0.239 e. The number of anilines is 1. The standard InChI is InChI=1S/C21H33N5O.HI/c1-22-21(24-12-4-7-17-5-2-3-6-17)25-15-18-8-10-19(11-9-18)26-14-13-23-20(27)16-26;/h8-11,17H,2-7,12-16H2,1H3,(H,23,27)(H2,22,24,25);1H. The van der Waals surface area contributed by atoms with Crippen molar-refractivity contribution in [2.45, 2.75) is 45.1 Å². The Morgan fingerprint density at radius 3 is 2.64 bits per heavy atom. The van der Waals surface area contributed by atoms with Gasteiger partial charge in [0.2, 0.25) is 5.91 Å². The quantitative estimate of drug-likeness (QED) is 0.234. The van der Waals surface area contributed by atoms with Gasteiger partial charge in [-0.2, -0.15) is 0 Å². The van der Waals surface area contributed by atoms with Crippen molar-refractivity contribution in [3.05, 3.63) is 29.8 Å². The van der Waals surface area contributed by atoms with Gasteiger partial charge in [-0.05, 0) is 36.5 Å². The predicted molar refractivity (Wildman–Crippen MR) is 126 cm³/mol. The molecule has 1 saturated heterocycles. The molecule has 6 nitrogen and oxygen atoms in total. The van der Waals surface area contributed by atoms with E-state index in [1.54, 1.807) is 0 Å². The summed E-state index contributed by atoms with van der Waals surface area (Å²) < 4.78 is 0. The zero-order valence-electron chi connectivity index (χ0n) is 16.9. The van der Waals surface area contributed by atoms with Crippen LogP contribution in [0.3, 0.4) is 0 Å². The predicted octanol–water partition coefficient (Wildman–Crippen LogP) is 2.88. The summed E-state index contributed by atoms with van der Waals surface area (Å²) in [5, 5.41) is 9.66. The van der Waals surface area contributed by atoms with Crippen LogP contribution < -0.4 is 20.9 Å². The van der Waals surface area contributed by atoms with Crippen molar-refractivity contribution < 1.29 is 4.79 Å². The molecule has 0 atom stereocenters. The number of amides is 1. The molecule has 1 saturated carbocycles. The van der Waals surface area contributed by atoms with Crippen LogP contribution in [0.5, 0.6) is 0 Å². The van der Waals surface area contributed by atoms with Gasteiger partial charge in [0.15, 0.2) is 5.96 Å². The first-order valence-corrected chi connectivity index (χ1v) is 10.3. The van der Waals surface area contributed by atoms with E-state index in [1.807, 2.05) is 7.05 Å². The highest BCUT2D eigenvalue weighted by atomic mass is 127. The molecule has 7 heteroatoms. The Balaban J connectivity index is 0.00000280. The van der Waals surface area contributed by atoms with Gasteiger partial charge >= 0.3 is 0 Å². The lowest BCUT2D eigenvalue weighted by Gasteiger charge is -2.28. The largest absolute Gasteiger partial charge is 0.360 e. The summed E-state index contributed by atoms with van der Waals surface area (Å²) >= 11 is 0. The van der Waals surface area contributed by atoms with Gasteiger partial charge in [0.1, 0.15) is 0 Å². The summed E-state index contributed by atoms with van der Waals surface area (Å²) in [4.78, 5) is 17.9. The van der Waals surface area contributed by atoms with E-state index >= 15 is 0 Å². The highest BCUT2D eigenvalue weighted by molar-refractivity contribution is 14.0. The van der Waals surface area contributed by atoms with Crippen LogP contribution in [0, 0.1) is 5.92 Å². The number of benzene rings is 1. The number of piperazine rings is 1. The van der Waals surface area contributed by atoms with Crippen LogP contribution in [-0.2, 0) is 11.3 Å². The van der Waals surface area contributed by atoms with E-state index in [-0.39, 0.29) is 29.9 Å². The van der Waals surface area contributed by atoms with Crippen molar-refractivity contribution >= 4 is 41.5 Å². The topological polar surface area (TPSA) is 68.8 Å². The van der Waals surface area contributed by atoms with Crippen molar-refractivity contribution in [3.63, 3.8) is 0 Å². The minimum Gasteiger partial charge on any atom is -0.360 e. The summed E-state index contributed by atoms with van der Waals surface area (Å²) in [6, 6.07) is 8.41. The van der Waals surface area contributed by atoms with E-state index < -0.39 is 0 Å².